The third-order valence-corrected chi connectivity index (χ3v) is 5.33. The van der Waals surface area contributed by atoms with E-state index in [1.165, 1.54) is 69.5 Å². The fourth-order valence-corrected chi connectivity index (χ4v) is 3.90. The van der Waals surface area contributed by atoms with Gasteiger partial charge in [0.15, 0.2) is 0 Å². The van der Waals surface area contributed by atoms with Crippen molar-refractivity contribution in [3.8, 4) is 0 Å². The highest BCUT2D eigenvalue weighted by molar-refractivity contribution is 9.09. The van der Waals surface area contributed by atoms with E-state index in [0.29, 0.717) is 0 Å². The molecule has 0 saturated heterocycles. The van der Waals surface area contributed by atoms with E-state index in [-0.39, 0.29) is 0 Å². The number of hydrogen-bond donors (Lipinski definition) is 0. The predicted octanol–water partition coefficient (Wildman–Crippen LogP) is 7.85. The Kier molecular flexibility index (Phi) is 14.4. The van der Waals surface area contributed by atoms with Gasteiger partial charge in [-0.15, -0.1) is 0 Å². The minimum absolute atomic E-state index is 0.879. The van der Waals surface area contributed by atoms with Crippen molar-refractivity contribution in [2.45, 2.75) is 98.8 Å². The molecular weight excluding hydrogens is 320 g/mol. The zero-order chi connectivity index (χ0) is 16.1. The van der Waals surface area contributed by atoms with Crippen LogP contribution in [0.25, 0.3) is 0 Å². The van der Waals surface area contributed by atoms with Crippen LogP contribution in [0.4, 0.5) is 0 Å². The third kappa shape index (κ3) is 15.2. The molecule has 0 amide bonds. The smallest absolute Gasteiger partial charge is 0.00338 e. The van der Waals surface area contributed by atoms with E-state index in [9.17, 15) is 0 Å². The lowest BCUT2D eigenvalue weighted by Gasteiger charge is -2.16. The topological polar surface area (TPSA) is 0 Å². The maximum atomic E-state index is 3.54. The van der Waals surface area contributed by atoms with E-state index in [1.54, 1.807) is 0 Å². The van der Waals surface area contributed by atoms with Crippen LogP contribution in [0, 0.1) is 23.7 Å². The molecule has 128 valence electrons. The van der Waals surface area contributed by atoms with Crippen molar-refractivity contribution >= 4 is 15.9 Å². The maximum Gasteiger partial charge on any atom is 0.00338 e. The van der Waals surface area contributed by atoms with Gasteiger partial charge in [-0.3, -0.25) is 0 Å². The molecule has 0 aliphatic rings. The molecule has 0 N–H and O–H groups in total. The summed E-state index contributed by atoms with van der Waals surface area (Å²) in [6.45, 7) is 12.0. The molecule has 0 rings (SSSR count). The van der Waals surface area contributed by atoms with Crippen LogP contribution in [-0.2, 0) is 0 Å². The molecule has 0 aromatic rings. The fraction of sp³-hybridized carbons (Fsp3) is 1.00. The lowest BCUT2D eigenvalue weighted by Crippen LogP contribution is -2.01. The molecule has 0 heterocycles. The van der Waals surface area contributed by atoms with Crippen molar-refractivity contribution in [3.63, 3.8) is 0 Å². The van der Waals surface area contributed by atoms with Gasteiger partial charge in [-0.1, -0.05) is 108 Å². The van der Waals surface area contributed by atoms with E-state index in [2.05, 4.69) is 50.5 Å². The molecule has 0 fully saturated rings. The number of hydrogen-bond acceptors (Lipinski definition) is 0. The Bertz CT molecular complexity index is 212. The molecule has 0 nitrogen and oxygen atoms in total. The summed E-state index contributed by atoms with van der Waals surface area (Å²) in [4.78, 5) is 0. The van der Waals surface area contributed by atoms with Gasteiger partial charge in [-0.25, -0.2) is 0 Å². The summed E-state index contributed by atoms with van der Waals surface area (Å²) < 4.78 is 0. The molecular formula is C20H41Br. The van der Waals surface area contributed by atoms with Crippen LogP contribution in [0.1, 0.15) is 98.8 Å². The van der Waals surface area contributed by atoms with Gasteiger partial charge in [0.2, 0.25) is 0 Å². The summed E-state index contributed by atoms with van der Waals surface area (Å²) in [5.74, 6) is 3.65. The van der Waals surface area contributed by atoms with Gasteiger partial charge in [0, 0.05) is 5.33 Å². The van der Waals surface area contributed by atoms with Crippen molar-refractivity contribution in [3.05, 3.63) is 0 Å². The van der Waals surface area contributed by atoms with Crippen LogP contribution in [0.3, 0.4) is 0 Å². The summed E-state index contributed by atoms with van der Waals surface area (Å²) in [6, 6.07) is 0. The highest BCUT2D eigenvalue weighted by Gasteiger charge is 2.07. The molecule has 0 aromatic carbocycles. The van der Waals surface area contributed by atoms with Crippen molar-refractivity contribution in [2.75, 3.05) is 5.33 Å². The van der Waals surface area contributed by atoms with E-state index in [0.717, 1.165) is 23.7 Å². The summed E-state index contributed by atoms with van der Waals surface area (Å²) in [7, 11) is 0. The average molecular weight is 361 g/mol. The Labute approximate surface area is 144 Å². The Balaban J connectivity index is 3.45. The van der Waals surface area contributed by atoms with E-state index in [1.807, 2.05) is 0 Å². The molecule has 0 aromatic heterocycles. The summed E-state index contributed by atoms with van der Waals surface area (Å²) in [6.07, 6.45) is 14.2. The normalized spacial score (nSPS) is 16.1. The van der Waals surface area contributed by atoms with E-state index < -0.39 is 0 Å². The largest absolute Gasteiger partial charge is 0.0928 e. The number of rotatable bonds is 14. The monoisotopic (exact) mass is 360 g/mol. The second-order valence-corrected chi connectivity index (χ2v) is 8.77. The molecule has 0 saturated carbocycles. The number of halogens is 1. The molecule has 0 unspecified atom stereocenters. The molecule has 0 spiro atoms. The molecule has 0 bridgehead atoms. The molecule has 0 aliphatic heterocycles. The SMILES string of the molecule is CC(C)CCC[C@H](C)CCC[C@@H](C)CCC[C@@H](C)CCBr. The lowest BCUT2D eigenvalue weighted by atomic mass is 9.91. The Hall–Kier alpha value is 0.480. The van der Waals surface area contributed by atoms with Gasteiger partial charge in [-0.2, -0.15) is 0 Å². The van der Waals surface area contributed by atoms with Crippen LogP contribution in [0.5, 0.6) is 0 Å². The average Bonchev–Trinajstić information content (AvgIpc) is 2.38. The third-order valence-electron chi connectivity index (χ3n) is 4.87. The van der Waals surface area contributed by atoms with Gasteiger partial charge in [-0.05, 0) is 30.1 Å². The second kappa shape index (κ2) is 14.1. The Morgan fingerprint density at radius 2 is 0.857 bits per heavy atom. The first-order valence-electron chi connectivity index (χ1n) is 9.51. The first-order valence-corrected chi connectivity index (χ1v) is 10.6. The zero-order valence-electron chi connectivity index (χ0n) is 15.5. The van der Waals surface area contributed by atoms with Gasteiger partial charge in [0.1, 0.15) is 0 Å². The van der Waals surface area contributed by atoms with E-state index >= 15 is 0 Å². The van der Waals surface area contributed by atoms with Gasteiger partial charge < -0.3 is 0 Å². The maximum absolute atomic E-state index is 3.54. The van der Waals surface area contributed by atoms with Crippen LogP contribution in [0.2, 0.25) is 0 Å². The standard InChI is InChI=1S/C20H41Br/c1-17(2)9-6-10-18(3)11-7-12-19(4)13-8-14-20(5)15-16-21/h17-20H,6-16H2,1-5H3/t18-,19+,20+/m0/s1. The fourth-order valence-electron chi connectivity index (χ4n) is 3.12. The molecule has 3 atom stereocenters. The highest BCUT2D eigenvalue weighted by Crippen LogP contribution is 2.22. The first-order chi connectivity index (χ1) is 9.95. The number of alkyl halides is 1. The first kappa shape index (κ1) is 21.5. The van der Waals surface area contributed by atoms with Crippen molar-refractivity contribution in [1.82, 2.24) is 0 Å². The molecule has 1 heteroatoms. The highest BCUT2D eigenvalue weighted by atomic mass is 79.9. The Morgan fingerprint density at radius 1 is 0.524 bits per heavy atom. The van der Waals surface area contributed by atoms with Gasteiger partial charge in [0.05, 0.1) is 0 Å². The minimum Gasteiger partial charge on any atom is -0.0928 e. The summed E-state index contributed by atoms with van der Waals surface area (Å²) in [5, 5.41) is 1.17. The summed E-state index contributed by atoms with van der Waals surface area (Å²) >= 11 is 3.54. The quantitative estimate of drug-likeness (QED) is 0.276. The van der Waals surface area contributed by atoms with Crippen LogP contribution >= 0.6 is 15.9 Å². The van der Waals surface area contributed by atoms with Crippen molar-refractivity contribution in [2.24, 2.45) is 23.7 Å². The zero-order valence-corrected chi connectivity index (χ0v) is 17.1. The second-order valence-electron chi connectivity index (χ2n) is 7.98. The van der Waals surface area contributed by atoms with Crippen LogP contribution < -0.4 is 0 Å². The molecule has 0 radical (unpaired) electrons. The molecule has 21 heavy (non-hydrogen) atoms. The van der Waals surface area contributed by atoms with E-state index in [4.69, 9.17) is 0 Å². The van der Waals surface area contributed by atoms with Crippen molar-refractivity contribution in [1.29, 1.82) is 0 Å². The van der Waals surface area contributed by atoms with Crippen LogP contribution in [0.15, 0.2) is 0 Å². The molecule has 0 aliphatic carbocycles. The van der Waals surface area contributed by atoms with Gasteiger partial charge >= 0.3 is 0 Å². The van der Waals surface area contributed by atoms with Crippen molar-refractivity contribution < 1.29 is 0 Å². The Morgan fingerprint density at radius 3 is 1.19 bits per heavy atom. The predicted molar refractivity (Wildman–Crippen MR) is 102 cm³/mol. The van der Waals surface area contributed by atoms with Crippen LogP contribution in [-0.4, -0.2) is 5.33 Å². The summed E-state index contributed by atoms with van der Waals surface area (Å²) in [5.41, 5.74) is 0. The van der Waals surface area contributed by atoms with Gasteiger partial charge in [0.25, 0.3) is 0 Å². The minimum atomic E-state index is 0.879. The lowest BCUT2D eigenvalue weighted by molar-refractivity contribution is 0.377.